The van der Waals surface area contributed by atoms with Crippen LogP contribution in [0.1, 0.15) is 26.2 Å². The van der Waals surface area contributed by atoms with Crippen LogP contribution in [0.5, 0.6) is 0 Å². The van der Waals surface area contributed by atoms with Gasteiger partial charge in [-0.3, -0.25) is 9.59 Å². The lowest BCUT2D eigenvalue weighted by molar-refractivity contribution is -0.145. The molecule has 0 rings (SSSR count). The maximum Gasteiger partial charge on any atom is 0.306 e. The summed E-state index contributed by atoms with van der Waals surface area (Å²) in [6, 6.07) is 0. The quantitative estimate of drug-likeness (QED) is 0.466. The smallest absolute Gasteiger partial charge is 0.306 e. The van der Waals surface area contributed by atoms with Gasteiger partial charge in [0.1, 0.15) is 6.29 Å². The van der Waals surface area contributed by atoms with Crippen molar-refractivity contribution in [1.29, 1.82) is 0 Å². The van der Waals surface area contributed by atoms with Crippen LogP contribution in [0.4, 0.5) is 0 Å². The minimum absolute atomic E-state index is 0.0111. The summed E-state index contributed by atoms with van der Waals surface area (Å²) >= 11 is 0. The predicted molar refractivity (Wildman–Crippen MR) is 49.6 cm³/mol. The molecule has 0 spiro atoms. The molecule has 0 aliphatic heterocycles. The number of nitrogens with one attached hydrogen (secondary N) is 1. The Labute approximate surface area is 82.8 Å². The number of carbonyl (C=O) groups is 3. The van der Waals surface area contributed by atoms with E-state index >= 15 is 0 Å². The van der Waals surface area contributed by atoms with Crippen LogP contribution < -0.4 is 5.32 Å². The Bertz CT molecular complexity index is 203. The number of ether oxygens (including phenoxy) is 1. The Morgan fingerprint density at radius 2 is 2.07 bits per heavy atom. The first-order valence-corrected chi connectivity index (χ1v) is 4.56. The summed E-state index contributed by atoms with van der Waals surface area (Å²) in [5.41, 5.74) is 0. The van der Waals surface area contributed by atoms with Gasteiger partial charge in [-0.1, -0.05) is 6.92 Å². The number of hydrogen-bond donors (Lipinski definition) is 1. The largest absolute Gasteiger partial charge is 0.466 e. The molecule has 0 heterocycles. The van der Waals surface area contributed by atoms with Crippen LogP contribution in [0.15, 0.2) is 0 Å². The lowest BCUT2D eigenvalue weighted by Crippen LogP contribution is -2.25. The van der Waals surface area contributed by atoms with Gasteiger partial charge in [0.2, 0.25) is 5.91 Å². The van der Waals surface area contributed by atoms with E-state index in [1.165, 1.54) is 0 Å². The number of hydrogen-bond acceptors (Lipinski definition) is 4. The first-order valence-electron chi connectivity index (χ1n) is 4.56. The van der Waals surface area contributed by atoms with Gasteiger partial charge in [0.15, 0.2) is 0 Å². The molecule has 0 atom stereocenters. The maximum atomic E-state index is 10.9. The second-order valence-corrected chi connectivity index (χ2v) is 2.69. The van der Waals surface area contributed by atoms with Crippen LogP contribution in [0.25, 0.3) is 0 Å². The molecule has 0 aromatic heterocycles. The van der Waals surface area contributed by atoms with Crippen molar-refractivity contribution in [3.8, 4) is 0 Å². The van der Waals surface area contributed by atoms with E-state index < -0.39 is 0 Å². The highest BCUT2D eigenvalue weighted by atomic mass is 16.5. The molecule has 0 unspecified atom stereocenters. The van der Waals surface area contributed by atoms with E-state index in [1.807, 2.05) is 6.92 Å². The number of esters is 1. The van der Waals surface area contributed by atoms with Gasteiger partial charge >= 0.3 is 5.97 Å². The molecule has 0 saturated heterocycles. The van der Waals surface area contributed by atoms with Gasteiger partial charge in [-0.25, -0.2) is 0 Å². The average Bonchev–Trinajstić information content (AvgIpc) is 2.20. The lowest BCUT2D eigenvalue weighted by atomic mass is 10.3. The van der Waals surface area contributed by atoms with Crippen molar-refractivity contribution in [2.45, 2.75) is 26.2 Å². The highest BCUT2D eigenvalue weighted by molar-refractivity contribution is 5.82. The fraction of sp³-hybridized carbons (Fsp3) is 0.667. The van der Waals surface area contributed by atoms with Crippen LogP contribution in [-0.2, 0) is 19.1 Å². The molecule has 0 fully saturated rings. The third kappa shape index (κ3) is 7.27. The summed E-state index contributed by atoms with van der Waals surface area (Å²) in [4.78, 5) is 31.7. The van der Waals surface area contributed by atoms with Crippen molar-refractivity contribution in [3.63, 3.8) is 0 Å². The number of rotatable bonds is 7. The van der Waals surface area contributed by atoms with E-state index in [0.717, 1.165) is 6.42 Å². The highest BCUT2D eigenvalue weighted by Crippen LogP contribution is 1.93. The Balaban J connectivity index is 3.45. The van der Waals surface area contributed by atoms with Gasteiger partial charge in [0, 0.05) is 6.42 Å². The zero-order chi connectivity index (χ0) is 10.8. The van der Waals surface area contributed by atoms with Crippen LogP contribution in [0, 0.1) is 0 Å². The van der Waals surface area contributed by atoms with Crippen molar-refractivity contribution < 1.29 is 19.1 Å². The van der Waals surface area contributed by atoms with Crippen LogP contribution in [-0.4, -0.2) is 31.3 Å². The van der Waals surface area contributed by atoms with Crippen LogP contribution >= 0.6 is 0 Å². The summed E-state index contributed by atoms with van der Waals surface area (Å²) in [6.07, 6.45) is 1.48. The van der Waals surface area contributed by atoms with Crippen molar-refractivity contribution in [2.75, 3.05) is 13.2 Å². The van der Waals surface area contributed by atoms with Crippen molar-refractivity contribution in [3.05, 3.63) is 0 Å². The molecule has 5 nitrogen and oxygen atoms in total. The molecule has 0 bridgehead atoms. The minimum atomic E-state index is -0.381. The molecule has 0 radical (unpaired) electrons. The molecule has 5 heteroatoms. The number of aldehydes is 1. The number of amides is 1. The number of carbonyl (C=O) groups excluding carboxylic acids is 3. The summed E-state index contributed by atoms with van der Waals surface area (Å²) in [7, 11) is 0. The van der Waals surface area contributed by atoms with E-state index in [9.17, 15) is 14.4 Å². The van der Waals surface area contributed by atoms with Gasteiger partial charge in [-0.2, -0.15) is 0 Å². The Hall–Kier alpha value is -1.39. The summed E-state index contributed by atoms with van der Waals surface area (Å²) in [5, 5.41) is 2.33. The second-order valence-electron chi connectivity index (χ2n) is 2.69. The third-order valence-electron chi connectivity index (χ3n) is 1.41. The Kier molecular flexibility index (Phi) is 7.40. The molecule has 0 saturated carbocycles. The third-order valence-corrected chi connectivity index (χ3v) is 1.41. The standard InChI is InChI=1S/C9H15NO4/c1-2-7-14-9(13)4-3-8(12)10-5-6-11/h6H,2-5,7H2,1H3,(H,10,12). The molecule has 1 amide bonds. The Morgan fingerprint density at radius 1 is 1.36 bits per heavy atom. The SMILES string of the molecule is CCCOC(=O)CCC(=O)NCC=O. The van der Waals surface area contributed by atoms with Crippen molar-refractivity contribution in [1.82, 2.24) is 5.32 Å². The first kappa shape index (κ1) is 12.6. The molecule has 0 aromatic rings. The lowest BCUT2D eigenvalue weighted by Gasteiger charge is -2.02. The fourth-order valence-corrected chi connectivity index (χ4v) is 0.748. The predicted octanol–water partition coefficient (Wildman–Crippen LogP) is 0.0349. The van der Waals surface area contributed by atoms with Gasteiger partial charge in [-0.15, -0.1) is 0 Å². The fourth-order valence-electron chi connectivity index (χ4n) is 0.748. The molecule has 14 heavy (non-hydrogen) atoms. The van der Waals surface area contributed by atoms with E-state index in [4.69, 9.17) is 4.74 Å². The molecule has 1 N–H and O–H groups in total. The topological polar surface area (TPSA) is 72.5 Å². The van der Waals surface area contributed by atoms with E-state index in [1.54, 1.807) is 0 Å². The van der Waals surface area contributed by atoms with Crippen LogP contribution in [0.3, 0.4) is 0 Å². The molecular weight excluding hydrogens is 186 g/mol. The van der Waals surface area contributed by atoms with Crippen LogP contribution in [0.2, 0.25) is 0 Å². The zero-order valence-electron chi connectivity index (χ0n) is 8.25. The summed E-state index contributed by atoms with van der Waals surface area (Å²) in [5.74, 6) is -0.696. The molecule has 0 aliphatic rings. The summed E-state index contributed by atoms with van der Waals surface area (Å²) in [6.45, 7) is 2.27. The summed E-state index contributed by atoms with van der Waals surface area (Å²) < 4.78 is 4.76. The van der Waals surface area contributed by atoms with E-state index in [2.05, 4.69) is 5.32 Å². The van der Waals surface area contributed by atoms with E-state index in [0.29, 0.717) is 12.9 Å². The normalized spacial score (nSPS) is 9.21. The molecule has 0 aromatic carbocycles. The van der Waals surface area contributed by atoms with Gasteiger partial charge in [0.25, 0.3) is 0 Å². The Morgan fingerprint density at radius 3 is 2.64 bits per heavy atom. The van der Waals surface area contributed by atoms with Gasteiger partial charge in [-0.05, 0) is 6.42 Å². The highest BCUT2D eigenvalue weighted by Gasteiger charge is 2.06. The monoisotopic (exact) mass is 201 g/mol. The molecule has 80 valence electrons. The van der Waals surface area contributed by atoms with Gasteiger partial charge in [0.05, 0.1) is 19.6 Å². The van der Waals surface area contributed by atoms with Gasteiger partial charge < -0.3 is 14.8 Å². The van der Waals surface area contributed by atoms with E-state index in [-0.39, 0.29) is 31.3 Å². The maximum absolute atomic E-state index is 10.9. The second kappa shape index (κ2) is 8.22. The zero-order valence-corrected chi connectivity index (χ0v) is 8.25. The molecule has 0 aliphatic carbocycles. The first-order chi connectivity index (χ1) is 6.70. The van der Waals surface area contributed by atoms with Crippen molar-refractivity contribution in [2.24, 2.45) is 0 Å². The average molecular weight is 201 g/mol. The molecular formula is C9H15NO4. The van der Waals surface area contributed by atoms with Crippen molar-refractivity contribution >= 4 is 18.2 Å². The minimum Gasteiger partial charge on any atom is -0.466 e.